The summed E-state index contributed by atoms with van der Waals surface area (Å²) in [6.07, 6.45) is -0.398. The van der Waals surface area contributed by atoms with Crippen molar-refractivity contribution in [1.29, 1.82) is 0 Å². The van der Waals surface area contributed by atoms with E-state index in [2.05, 4.69) is 4.98 Å². The molecule has 0 unspecified atom stereocenters. The first-order valence-corrected chi connectivity index (χ1v) is 7.62. The molecule has 0 aliphatic heterocycles. The van der Waals surface area contributed by atoms with Crippen molar-refractivity contribution in [2.24, 2.45) is 0 Å². The van der Waals surface area contributed by atoms with E-state index in [-0.39, 0.29) is 5.97 Å². The van der Waals surface area contributed by atoms with E-state index in [4.69, 9.17) is 9.47 Å². The molecule has 24 heavy (non-hydrogen) atoms. The standard InChI is InChI=1S/C18H22N2O4/c1-18(2,3)24-17(22)20(4)11-14-8-6-12-10-13(16(21)23-5)7-9-15(12)19-14/h6-10H,11H2,1-5H3. The van der Waals surface area contributed by atoms with Gasteiger partial charge >= 0.3 is 12.1 Å². The third-order valence-electron chi connectivity index (χ3n) is 3.27. The lowest BCUT2D eigenvalue weighted by Crippen LogP contribution is -2.34. The summed E-state index contributed by atoms with van der Waals surface area (Å²) in [7, 11) is 3.01. The second kappa shape index (κ2) is 6.86. The molecular weight excluding hydrogens is 308 g/mol. The summed E-state index contributed by atoms with van der Waals surface area (Å²) in [5, 5.41) is 0.835. The summed E-state index contributed by atoms with van der Waals surface area (Å²) in [4.78, 5) is 29.6. The van der Waals surface area contributed by atoms with E-state index in [1.54, 1.807) is 25.2 Å². The van der Waals surface area contributed by atoms with Gasteiger partial charge in [0.15, 0.2) is 0 Å². The minimum atomic E-state index is -0.535. The number of amides is 1. The molecule has 1 heterocycles. The monoisotopic (exact) mass is 330 g/mol. The lowest BCUT2D eigenvalue weighted by molar-refractivity contribution is 0.0283. The van der Waals surface area contributed by atoms with Crippen molar-refractivity contribution in [2.45, 2.75) is 32.9 Å². The third-order valence-corrected chi connectivity index (χ3v) is 3.27. The molecule has 6 heteroatoms. The molecule has 0 fully saturated rings. The molecule has 0 aliphatic carbocycles. The number of hydrogen-bond donors (Lipinski definition) is 0. The van der Waals surface area contributed by atoms with Crippen LogP contribution in [-0.2, 0) is 16.0 Å². The normalized spacial score (nSPS) is 11.2. The molecule has 0 N–H and O–H groups in total. The van der Waals surface area contributed by atoms with E-state index in [0.717, 1.165) is 16.6 Å². The smallest absolute Gasteiger partial charge is 0.410 e. The van der Waals surface area contributed by atoms with Gasteiger partial charge in [-0.1, -0.05) is 6.07 Å². The van der Waals surface area contributed by atoms with Gasteiger partial charge in [-0.15, -0.1) is 0 Å². The van der Waals surface area contributed by atoms with Crippen molar-refractivity contribution in [3.05, 3.63) is 41.6 Å². The van der Waals surface area contributed by atoms with Gasteiger partial charge in [-0.05, 0) is 45.0 Å². The van der Waals surface area contributed by atoms with Crippen molar-refractivity contribution in [2.75, 3.05) is 14.2 Å². The second-order valence-corrected chi connectivity index (χ2v) is 6.54. The Morgan fingerprint density at radius 2 is 1.88 bits per heavy atom. The Morgan fingerprint density at radius 1 is 1.17 bits per heavy atom. The Hall–Kier alpha value is -2.63. The molecule has 2 aromatic rings. The zero-order valence-corrected chi connectivity index (χ0v) is 14.6. The number of methoxy groups -OCH3 is 1. The molecule has 0 atom stereocenters. The number of rotatable bonds is 3. The number of nitrogens with zero attached hydrogens (tertiary/aromatic N) is 2. The van der Waals surface area contributed by atoms with Gasteiger partial charge < -0.3 is 14.4 Å². The van der Waals surface area contributed by atoms with Gasteiger partial charge in [-0.2, -0.15) is 0 Å². The number of esters is 1. The first-order valence-electron chi connectivity index (χ1n) is 7.62. The summed E-state index contributed by atoms with van der Waals surface area (Å²) >= 11 is 0. The van der Waals surface area contributed by atoms with Crippen LogP contribution in [0.2, 0.25) is 0 Å². The largest absolute Gasteiger partial charge is 0.465 e. The topological polar surface area (TPSA) is 68.7 Å². The minimum absolute atomic E-state index is 0.337. The van der Waals surface area contributed by atoms with Crippen molar-refractivity contribution < 1.29 is 19.1 Å². The zero-order chi connectivity index (χ0) is 17.9. The predicted octanol–water partition coefficient (Wildman–Crippen LogP) is 3.39. The lowest BCUT2D eigenvalue weighted by atomic mass is 10.1. The van der Waals surface area contributed by atoms with E-state index in [0.29, 0.717) is 12.1 Å². The molecule has 6 nitrogen and oxygen atoms in total. The fourth-order valence-electron chi connectivity index (χ4n) is 2.15. The Morgan fingerprint density at radius 3 is 2.50 bits per heavy atom. The molecule has 1 aromatic heterocycles. The van der Waals surface area contributed by atoms with Crippen LogP contribution in [0.3, 0.4) is 0 Å². The Labute approximate surface area is 141 Å². The summed E-state index contributed by atoms with van der Waals surface area (Å²) in [6.45, 7) is 5.81. The second-order valence-electron chi connectivity index (χ2n) is 6.54. The van der Waals surface area contributed by atoms with Crippen LogP contribution in [0.1, 0.15) is 36.8 Å². The Bertz CT molecular complexity index is 765. The highest BCUT2D eigenvalue weighted by atomic mass is 16.6. The van der Waals surface area contributed by atoms with Gasteiger partial charge in [0, 0.05) is 12.4 Å². The third kappa shape index (κ3) is 4.44. The number of pyridine rings is 1. The fourth-order valence-corrected chi connectivity index (χ4v) is 2.15. The maximum absolute atomic E-state index is 12.0. The number of carbonyl (C=O) groups excluding carboxylic acids is 2. The highest BCUT2D eigenvalue weighted by molar-refractivity contribution is 5.94. The van der Waals surface area contributed by atoms with E-state index in [1.165, 1.54) is 12.0 Å². The van der Waals surface area contributed by atoms with Crippen LogP contribution in [0, 0.1) is 0 Å². The fraction of sp³-hybridized carbons (Fsp3) is 0.389. The summed E-state index contributed by atoms with van der Waals surface area (Å²) in [5.74, 6) is -0.384. The van der Waals surface area contributed by atoms with Crippen LogP contribution in [0.15, 0.2) is 30.3 Å². The maximum Gasteiger partial charge on any atom is 0.410 e. The predicted molar refractivity (Wildman–Crippen MR) is 90.8 cm³/mol. The van der Waals surface area contributed by atoms with Gasteiger partial charge in [0.25, 0.3) is 0 Å². The number of ether oxygens (including phenoxy) is 2. The molecule has 0 radical (unpaired) electrons. The van der Waals surface area contributed by atoms with Crippen LogP contribution in [-0.4, -0.2) is 41.7 Å². The number of carbonyl (C=O) groups is 2. The first-order chi connectivity index (χ1) is 11.2. The molecular formula is C18H22N2O4. The van der Waals surface area contributed by atoms with Gasteiger partial charge in [-0.3, -0.25) is 4.98 Å². The van der Waals surface area contributed by atoms with Crippen molar-refractivity contribution >= 4 is 23.0 Å². The first kappa shape index (κ1) is 17.7. The molecule has 0 saturated carbocycles. The molecule has 0 bridgehead atoms. The maximum atomic E-state index is 12.0. The molecule has 2 rings (SSSR count). The van der Waals surface area contributed by atoms with Crippen LogP contribution >= 0.6 is 0 Å². The highest BCUT2D eigenvalue weighted by Crippen LogP contribution is 2.17. The Kier molecular flexibility index (Phi) is 5.07. The van der Waals surface area contributed by atoms with Crippen LogP contribution in [0.4, 0.5) is 4.79 Å². The Balaban J connectivity index is 2.16. The highest BCUT2D eigenvalue weighted by Gasteiger charge is 2.20. The van der Waals surface area contributed by atoms with Gasteiger partial charge in [0.1, 0.15) is 5.60 Å². The quantitative estimate of drug-likeness (QED) is 0.807. The van der Waals surface area contributed by atoms with Gasteiger partial charge in [0.05, 0.1) is 30.4 Å². The van der Waals surface area contributed by atoms with Crippen molar-refractivity contribution in [3.63, 3.8) is 0 Å². The number of fused-ring (bicyclic) bond motifs is 1. The van der Waals surface area contributed by atoms with Crippen molar-refractivity contribution in [1.82, 2.24) is 9.88 Å². The van der Waals surface area contributed by atoms with Gasteiger partial charge in [-0.25, -0.2) is 9.59 Å². The summed E-state index contributed by atoms with van der Waals surface area (Å²) in [5.41, 5.74) is 1.43. The van der Waals surface area contributed by atoms with E-state index < -0.39 is 11.7 Å². The molecule has 0 saturated heterocycles. The average molecular weight is 330 g/mol. The molecule has 128 valence electrons. The molecule has 1 amide bonds. The number of benzene rings is 1. The average Bonchev–Trinajstić information content (AvgIpc) is 2.51. The minimum Gasteiger partial charge on any atom is -0.465 e. The van der Waals surface area contributed by atoms with Crippen LogP contribution in [0.25, 0.3) is 10.9 Å². The van der Waals surface area contributed by atoms with Crippen molar-refractivity contribution in [3.8, 4) is 0 Å². The van der Waals surface area contributed by atoms with Crippen LogP contribution < -0.4 is 0 Å². The van der Waals surface area contributed by atoms with Crippen LogP contribution in [0.5, 0.6) is 0 Å². The number of aromatic nitrogens is 1. The van der Waals surface area contributed by atoms with E-state index >= 15 is 0 Å². The SMILES string of the molecule is COC(=O)c1ccc2nc(CN(C)C(=O)OC(C)(C)C)ccc2c1. The zero-order valence-electron chi connectivity index (χ0n) is 14.6. The van der Waals surface area contributed by atoms with Gasteiger partial charge in [0.2, 0.25) is 0 Å². The van der Waals surface area contributed by atoms with E-state index in [9.17, 15) is 9.59 Å². The molecule has 0 spiro atoms. The molecule has 1 aromatic carbocycles. The molecule has 0 aliphatic rings. The summed E-state index contributed by atoms with van der Waals surface area (Å²) < 4.78 is 10.0. The summed E-state index contributed by atoms with van der Waals surface area (Å²) in [6, 6.07) is 8.86. The lowest BCUT2D eigenvalue weighted by Gasteiger charge is -2.24. The van der Waals surface area contributed by atoms with E-state index in [1.807, 2.05) is 32.9 Å². The number of hydrogen-bond acceptors (Lipinski definition) is 5.